The Morgan fingerprint density at radius 2 is 0.842 bits per heavy atom. The molecule has 0 saturated heterocycles. The molecule has 1 aromatic heterocycles. The largest absolute Gasteiger partial charge is 0.309 e. The second-order valence-electron chi connectivity index (χ2n) is 8.99. The first-order valence-corrected chi connectivity index (χ1v) is 14.3. The molecular weight excluding hydrogens is 483 g/mol. The molecule has 0 amide bonds. The second-order valence-corrected chi connectivity index (χ2v) is 11.7. The Labute approximate surface area is 222 Å². The summed E-state index contributed by atoms with van der Waals surface area (Å²) in [4.78, 5) is 10.1. The highest BCUT2D eigenvalue weighted by atomic mass is 31.2. The van der Waals surface area contributed by atoms with Crippen LogP contribution in [0.2, 0.25) is 0 Å². The maximum absolute atomic E-state index is 15.3. The van der Waals surface area contributed by atoms with Gasteiger partial charge in [0.05, 0.1) is 11.4 Å². The van der Waals surface area contributed by atoms with Crippen LogP contribution >= 0.6 is 7.14 Å². The quantitative estimate of drug-likeness (QED) is 0.225. The summed E-state index contributed by atoms with van der Waals surface area (Å²) in [7, 11) is -3.23. The molecule has 6 aromatic rings. The Morgan fingerprint density at radius 3 is 1.32 bits per heavy atom. The molecule has 0 aliphatic carbocycles. The molecule has 0 saturated carbocycles. The molecule has 6 rings (SSSR count). The van der Waals surface area contributed by atoms with Crippen molar-refractivity contribution < 1.29 is 4.57 Å². The summed E-state index contributed by atoms with van der Waals surface area (Å²) < 4.78 is 15.3. The van der Waals surface area contributed by atoms with Crippen LogP contribution in [0.5, 0.6) is 0 Å². The molecule has 0 atom stereocenters. The minimum atomic E-state index is -3.23. The highest BCUT2D eigenvalue weighted by molar-refractivity contribution is 7.85. The fourth-order valence-electron chi connectivity index (χ4n) is 4.72. The van der Waals surface area contributed by atoms with Gasteiger partial charge in [0.15, 0.2) is 13.0 Å². The Kier molecular flexibility index (Phi) is 6.52. The molecule has 4 heteroatoms. The number of benzene rings is 5. The molecule has 0 spiro atoms. The third-order valence-electron chi connectivity index (χ3n) is 6.59. The molecule has 0 aliphatic heterocycles. The smallest absolute Gasteiger partial charge is 0.171 e. The van der Waals surface area contributed by atoms with E-state index in [1.807, 2.05) is 152 Å². The molecule has 0 N–H and O–H groups in total. The summed E-state index contributed by atoms with van der Waals surface area (Å²) in [6.45, 7) is 0. The van der Waals surface area contributed by atoms with E-state index in [2.05, 4.69) is 0 Å². The Balaban J connectivity index is 1.62. The molecule has 0 aliphatic rings. The Hall–Kier alpha value is -4.59. The second kappa shape index (κ2) is 10.4. The molecule has 0 radical (unpaired) electrons. The molecule has 38 heavy (non-hydrogen) atoms. The van der Waals surface area contributed by atoms with Gasteiger partial charge in [0.2, 0.25) is 0 Å². The van der Waals surface area contributed by atoms with Crippen LogP contribution in [0.4, 0.5) is 0 Å². The van der Waals surface area contributed by atoms with Crippen molar-refractivity contribution in [3.05, 3.63) is 152 Å². The van der Waals surface area contributed by atoms with Gasteiger partial charge in [-0.1, -0.05) is 146 Å². The van der Waals surface area contributed by atoms with Gasteiger partial charge >= 0.3 is 0 Å². The van der Waals surface area contributed by atoms with E-state index in [0.717, 1.165) is 44.0 Å². The monoisotopic (exact) mass is 508 g/mol. The van der Waals surface area contributed by atoms with Crippen LogP contribution in [0.1, 0.15) is 0 Å². The Morgan fingerprint density at radius 1 is 0.447 bits per heavy atom. The van der Waals surface area contributed by atoms with Gasteiger partial charge in [0, 0.05) is 32.6 Å². The van der Waals surface area contributed by atoms with Crippen LogP contribution < -0.4 is 15.9 Å². The van der Waals surface area contributed by atoms with Crippen molar-refractivity contribution in [1.82, 2.24) is 9.97 Å². The number of hydrogen-bond donors (Lipinski definition) is 0. The van der Waals surface area contributed by atoms with Gasteiger partial charge in [0.1, 0.15) is 0 Å². The lowest BCUT2D eigenvalue weighted by molar-refractivity contribution is 0.592. The molecule has 1 heterocycles. The molecule has 182 valence electrons. The van der Waals surface area contributed by atoms with Crippen molar-refractivity contribution in [2.45, 2.75) is 0 Å². The normalized spacial score (nSPS) is 11.3. The summed E-state index contributed by atoms with van der Waals surface area (Å²) >= 11 is 0. The minimum absolute atomic E-state index is 0.549. The highest BCUT2D eigenvalue weighted by Crippen LogP contribution is 2.45. The molecule has 0 bridgehead atoms. The lowest BCUT2D eigenvalue weighted by atomic mass is 10.1. The first kappa shape index (κ1) is 23.8. The van der Waals surface area contributed by atoms with E-state index in [4.69, 9.17) is 9.97 Å². The lowest BCUT2D eigenvalue weighted by Gasteiger charge is -2.22. The first-order valence-electron chi connectivity index (χ1n) is 12.5. The van der Waals surface area contributed by atoms with Crippen LogP contribution in [0.15, 0.2) is 152 Å². The van der Waals surface area contributed by atoms with Crippen molar-refractivity contribution in [2.75, 3.05) is 0 Å². The van der Waals surface area contributed by atoms with Crippen molar-refractivity contribution in [3.8, 4) is 33.9 Å². The van der Waals surface area contributed by atoms with E-state index in [0.29, 0.717) is 5.82 Å². The summed E-state index contributed by atoms with van der Waals surface area (Å²) in [5.41, 5.74) is 4.40. The van der Waals surface area contributed by atoms with Gasteiger partial charge in [-0.3, -0.25) is 0 Å². The minimum Gasteiger partial charge on any atom is -0.309 e. The van der Waals surface area contributed by atoms with Crippen molar-refractivity contribution in [1.29, 1.82) is 0 Å². The van der Waals surface area contributed by atoms with Gasteiger partial charge in [-0.15, -0.1) is 0 Å². The van der Waals surface area contributed by atoms with Crippen LogP contribution in [-0.4, -0.2) is 9.97 Å². The van der Waals surface area contributed by atoms with E-state index in [1.165, 1.54) is 0 Å². The molecule has 3 nitrogen and oxygen atoms in total. The third-order valence-corrected chi connectivity index (χ3v) is 9.71. The van der Waals surface area contributed by atoms with E-state index in [-0.39, 0.29) is 0 Å². The number of nitrogens with zero attached hydrogens (tertiary/aromatic N) is 2. The van der Waals surface area contributed by atoms with Crippen LogP contribution in [0, 0.1) is 0 Å². The van der Waals surface area contributed by atoms with Crippen LogP contribution in [0.25, 0.3) is 33.9 Å². The predicted molar refractivity (Wildman–Crippen MR) is 158 cm³/mol. The average molecular weight is 509 g/mol. The van der Waals surface area contributed by atoms with Crippen molar-refractivity contribution >= 4 is 23.1 Å². The fourth-order valence-corrected chi connectivity index (χ4v) is 7.57. The summed E-state index contributed by atoms with van der Waals surface area (Å²) in [5.74, 6) is 0.549. The highest BCUT2D eigenvalue weighted by Gasteiger charge is 2.32. The van der Waals surface area contributed by atoms with E-state index in [1.54, 1.807) is 0 Å². The summed E-state index contributed by atoms with van der Waals surface area (Å²) in [6.07, 6.45) is 0. The topological polar surface area (TPSA) is 42.9 Å². The fraction of sp³-hybridized carbons (Fsp3) is 0. The van der Waals surface area contributed by atoms with Gasteiger partial charge in [-0.2, -0.15) is 0 Å². The summed E-state index contributed by atoms with van der Waals surface area (Å²) in [5, 5.41) is 2.28. The zero-order chi connectivity index (χ0) is 25.8. The summed E-state index contributed by atoms with van der Waals surface area (Å²) in [6, 6.07) is 49.5. The molecule has 0 unspecified atom stereocenters. The zero-order valence-corrected chi connectivity index (χ0v) is 21.6. The van der Waals surface area contributed by atoms with E-state index >= 15 is 4.57 Å². The number of aromatic nitrogens is 2. The average Bonchev–Trinajstić information content (AvgIpc) is 3.02. The SMILES string of the molecule is O=P(c1ccccc1)(c1ccccc1)c1ccccc1-c1nc(-c2ccccc2)cc(-c2ccccc2)n1. The Bertz CT molecular complexity index is 1620. The molecular formula is C34H25N2OP. The zero-order valence-electron chi connectivity index (χ0n) is 20.7. The van der Waals surface area contributed by atoms with E-state index < -0.39 is 7.14 Å². The number of hydrogen-bond acceptors (Lipinski definition) is 3. The van der Waals surface area contributed by atoms with Gasteiger partial charge in [0.25, 0.3) is 0 Å². The third kappa shape index (κ3) is 4.49. The maximum Gasteiger partial charge on any atom is 0.171 e. The molecule has 5 aromatic carbocycles. The number of rotatable bonds is 6. The standard InChI is InChI=1S/C34H25N2OP/c37-38(28-19-9-3-10-20-28,29-21-11-4-12-22-29)33-24-14-13-23-30(33)34-35-31(26-15-5-1-6-16-26)25-32(36-34)27-17-7-2-8-18-27/h1-25H. The van der Waals surface area contributed by atoms with Gasteiger partial charge < -0.3 is 4.57 Å². The van der Waals surface area contributed by atoms with Gasteiger partial charge in [-0.05, 0) is 6.07 Å². The van der Waals surface area contributed by atoms with Crippen molar-refractivity contribution in [3.63, 3.8) is 0 Å². The maximum atomic E-state index is 15.3. The lowest BCUT2D eigenvalue weighted by Crippen LogP contribution is -2.26. The van der Waals surface area contributed by atoms with Crippen LogP contribution in [-0.2, 0) is 4.57 Å². The molecule has 0 fully saturated rings. The van der Waals surface area contributed by atoms with E-state index in [9.17, 15) is 0 Å². The first-order chi connectivity index (χ1) is 18.7. The van der Waals surface area contributed by atoms with Gasteiger partial charge in [-0.25, -0.2) is 9.97 Å². The predicted octanol–water partition coefficient (Wildman–Crippen LogP) is 7.12. The van der Waals surface area contributed by atoms with Crippen LogP contribution in [0.3, 0.4) is 0 Å². The van der Waals surface area contributed by atoms with Crippen molar-refractivity contribution in [2.24, 2.45) is 0 Å².